The van der Waals surface area contributed by atoms with E-state index in [0.717, 1.165) is 11.1 Å². The van der Waals surface area contributed by atoms with Crippen LogP contribution in [0.2, 0.25) is 0 Å². The molecule has 2 amide bonds. The summed E-state index contributed by atoms with van der Waals surface area (Å²) in [5, 5.41) is 20.3. The molecule has 35 heavy (non-hydrogen) atoms. The molecule has 3 fully saturated rings. The maximum absolute atomic E-state index is 14.5. The summed E-state index contributed by atoms with van der Waals surface area (Å²) in [7, 11) is 0. The Morgan fingerprint density at radius 1 is 1.37 bits per heavy atom. The first kappa shape index (κ1) is 25.4. The van der Waals surface area contributed by atoms with E-state index in [1.807, 2.05) is 45.9 Å². The van der Waals surface area contributed by atoms with E-state index in [4.69, 9.17) is 4.74 Å². The van der Waals surface area contributed by atoms with Gasteiger partial charge in [0.2, 0.25) is 5.91 Å². The van der Waals surface area contributed by atoms with Crippen LogP contribution in [0.3, 0.4) is 0 Å². The topological polar surface area (TPSA) is 107 Å². The van der Waals surface area contributed by atoms with Crippen LogP contribution in [0, 0.1) is 31.6 Å². The highest BCUT2D eigenvalue weighted by atomic mass is 16.5. The molecule has 190 valence electrons. The predicted octanol–water partition coefficient (Wildman–Crippen LogP) is 2.69. The molecule has 2 N–H and O–H groups in total. The maximum Gasteiger partial charge on any atom is 0.310 e. The number of carboxylic acids is 1. The number of aliphatic hydroxyl groups is 1. The normalized spacial score (nSPS) is 30.8. The van der Waals surface area contributed by atoms with Gasteiger partial charge >= 0.3 is 5.97 Å². The standard InChI is InChI=1S/C27H36N2O6/c1-6-12-28(18-13-15(3)8-9-17(18)5)25(32)23-27-11-10-20(35-27)21(26(33)34)22(27)24(31)29(23)19(14-30)16(4)7-2/h6,8-9,13,16,19-23,30H,1,7,10-12,14H2,2-5H3,(H,33,34)/t16-,19-,20+,21-,22-,23?,27?/m0/s1. The quantitative estimate of drug-likeness (QED) is 0.522. The van der Waals surface area contributed by atoms with E-state index >= 15 is 0 Å². The summed E-state index contributed by atoms with van der Waals surface area (Å²) >= 11 is 0. The van der Waals surface area contributed by atoms with Crippen LogP contribution < -0.4 is 4.90 Å². The van der Waals surface area contributed by atoms with Crippen molar-refractivity contribution >= 4 is 23.5 Å². The van der Waals surface area contributed by atoms with E-state index in [2.05, 4.69) is 6.58 Å². The molecule has 0 aromatic heterocycles. The lowest BCUT2D eigenvalue weighted by atomic mass is 9.70. The van der Waals surface area contributed by atoms with Gasteiger partial charge in [-0.05, 0) is 49.8 Å². The summed E-state index contributed by atoms with van der Waals surface area (Å²) in [6.07, 6.45) is 2.64. The lowest BCUT2D eigenvalue weighted by molar-refractivity contribution is -0.151. The van der Waals surface area contributed by atoms with Crippen LogP contribution >= 0.6 is 0 Å². The molecule has 3 aliphatic rings. The summed E-state index contributed by atoms with van der Waals surface area (Å²) in [5.74, 6) is -3.86. The minimum Gasteiger partial charge on any atom is -0.481 e. The van der Waals surface area contributed by atoms with Gasteiger partial charge in [0.1, 0.15) is 11.6 Å². The highest BCUT2D eigenvalue weighted by Gasteiger charge is 2.75. The van der Waals surface area contributed by atoms with Crippen LogP contribution in [0.5, 0.6) is 0 Å². The molecule has 0 saturated carbocycles. The van der Waals surface area contributed by atoms with Gasteiger partial charge in [0.25, 0.3) is 5.91 Å². The Kier molecular flexibility index (Phi) is 6.81. The highest BCUT2D eigenvalue weighted by molar-refractivity contribution is 6.05. The highest BCUT2D eigenvalue weighted by Crippen LogP contribution is 2.59. The molecule has 2 unspecified atom stereocenters. The Bertz CT molecular complexity index is 1040. The van der Waals surface area contributed by atoms with Gasteiger partial charge in [0, 0.05) is 12.2 Å². The number of carboxylic acid groups (broad SMARTS) is 1. The first-order valence-corrected chi connectivity index (χ1v) is 12.5. The summed E-state index contributed by atoms with van der Waals surface area (Å²) in [4.78, 5) is 43.7. The molecular weight excluding hydrogens is 448 g/mol. The van der Waals surface area contributed by atoms with Crippen LogP contribution in [0.4, 0.5) is 5.69 Å². The molecule has 0 radical (unpaired) electrons. The van der Waals surface area contributed by atoms with Crippen LogP contribution in [-0.2, 0) is 19.1 Å². The Labute approximate surface area is 206 Å². The Hall–Kier alpha value is -2.71. The van der Waals surface area contributed by atoms with Crippen LogP contribution in [-0.4, -0.2) is 69.8 Å². The number of likely N-dealkylation sites (tertiary alicyclic amines) is 1. The second-order valence-corrected chi connectivity index (χ2v) is 10.3. The molecule has 3 aliphatic heterocycles. The number of rotatable bonds is 9. The van der Waals surface area contributed by atoms with Crippen molar-refractivity contribution < 1.29 is 29.3 Å². The summed E-state index contributed by atoms with van der Waals surface area (Å²) in [6.45, 7) is 11.5. The van der Waals surface area contributed by atoms with Crippen molar-refractivity contribution in [2.24, 2.45) is 17.8 Å². The SMILES string of the molecule is C=CCN(C(=O)C1N([C@@H](CO)[C@@H](C)CC)C(=O)[C@@H]2[C@@H](C(=O)O)[C@H]3CCC12O3)c1cc(C)ccc1C. The molecular formula is C27H36N2O6. The van der Waals surface area contributed by atoms with Gasteiger partial charge in [-0.25, -0.2) is 0 Å². The molecule has 7 atom stereocenters. The third-order valence-corrected chi connectivity index (χ3v) is 8.34. The van der Waals surface area contributed by atoms with Gasteiger partial charge < -0.3 is 24.7 Å². The van der Waals surface area contributed by atoms with Gasteiger partial charge in [0.05, 0.1) is 30.6 Å². The van der Waals surface area contributed by atoms with E-state index < -0.39 is 47.5 Å². The Morgan fingerprint density at radius 2 is 2.09 bits per heavy atom. The molecule has 8 heteroatoms. The number of hydrogen-bond acceptors (Lipinski definition) is 5. The van der Waals surface area contributed by atoms with Crippen molar-refractivity contribution in [2.75, 3.05) is 18.1 Å². The van der Waals surface area contributed by atoms with Gasteiger partial charge in [-0.15, -0.1) is 6.58 Å². The van der Waals surface area contributed by atoms with Gasteiger partial charge in [-0.3, -0.25) is 14.4 Å². The zero-order chi connectivity index (χ0) is 25.7. The lowest BCUT2D eigenvalue weighted by Crippen LogP contribution is -2.60. The number of aliphatic hydroxyl groups excluding tert-OH is 1. The summed E-state index contributed by atoms with van der Waals surface area (Å²) in [5.41, 5.74) is 1.38. The second kappa shape index (κ2) is 9.39. The van der Waals surface area contributed by atoms with Crippen molar-refractivity contribution in [3.63, 3.8) is 0 Å². The zero-order valence-corrected chi connectivity index (χ0v) is 20.9. The zero-order valence-electron chi connectivity index (χ0n) is 20.9. The second-order valence-electron chi connectivity index (χ2n) is 10.3. The summed E-state index contributed by atoms with van der Waals surface area (Å²) in [6, 6.07) is 4.20. The van der Waals surface area contributed by atoms with E-state index in [1.165, 1.54) is 4.90 Å². The first-order valence-electron chi connectivity index (χ1n) is 12.5. The molecule has 3 saturated heterocycles. The third kappa shape index (κ3) is 3.78. The van der Waals surface area contributed by atoms with Crippen molar-refractivity contribution in [3.8, 4) is 0 Å². The minimum absolute atomic E-state index is 0.0940. The maximum atomic E-state index is 14.5. The molecule has 0 aliphatic carbocycles. The summed E-state index contributed by atoms with van der Waals surface area (Å²) < 4.78 is 6.32. The minimum atomic E-state index is -1.22. The molecule has 1 aromatic carbocycles. The van der Waals surface area contributed by atoms with Gasteiger partial charge in [0.15, 0.2) is 0 Å². The number of carbonyl (C=O) groups is 3. The fraction of sp³-hybridized carbons (Fsp3) is 0.593. The average Bonchev–Trinajstić information content (AvgIpc) is 3.47. The van der Waals surface area contributed by atoms with E-state index in [9.17, 15) is 24.6 Å². The third-order valence-electron chi connectivity index (χ3n) is 8.34. The largest absolute Gasteiger partial charge is 0.481 e. The van der Waals surface area contributed by atoms with Gasteiger partial charge in [-0.1, -0.05) is 38.5 Å². The Balaban J connectivity index is 1.87. The van der Waals surface area contributed by atoms with Gasteiger partial charge in [-0.2, -0.15) is 0 Å². The number of anilines is 1. The van der Waals surface area contributed by atoms with E-state index in [1.54, 1.807) is 11.0 Å². The molecule has 8 nitrogen and oxygen atoms in total. The van der Waals surface area contributed by atoms with Crippen LogP contribution in [0.25, 0.3) is 0 Å². The number of aliphatic carboxylic acids is 1. The predicted molar refractivity (Wildman–Crippen MR) is 131 cm³/mol. The molecule has 2 bridgehead atoms. The number of aryl methyl sites for hydroxylation is 2. The molecule has 1 spiro atoms. The number of ether oxygens (including phenoxy) is 1. The number of fused-ring (bicyclic) bond motifs is 1. The Morgan fingerprint density at radius 3 is 2.69 bits per heavy atom. The lowest BCUT2D eigenvalue weighted by Gasteiger charge is -2.41. The van der Waals surface area contributed by atoms with E-state index in [-0.39, 0.29) is 25.0 Å². The fourth-order valence-electron chi connectivity index (χ4n) is 6.42. The molecule has 1 aromatic rings. The number of nitrogens with zero attached hydrogens (tertiary/aromatic N) is 2. The van der Waals surface area contributed by atoms with Crippen molar-refractivity contribution in [3.05, 3.63) is 42.0 Å². The van der Waals surface area contributed by atoms with Crippen molar-refractivity contribution in [2.45, 2.75) is 70.7 Å². The van der Waals surface area contributed by atoms with Crippen LogP contribution in [0.15, 0.2) is 30.9 Å². The van der Waals surface area contributed by atoms with E-state index in [0.29, 0.717) is 24.9 Å². The van der Waals surface area contributed by atoms with Crippen molar-refractivity contribution in [1.29, 1.82) is 0 Å². The van der Waals surface area contributed by atoms with Crippen LogP contribution in [0.1, 0.15) is 44.2 Å². The number of benzene rings is 1. The number of carbonyl (C=O) groups excluding carboxylic acids is 2. The van der Waals surface area contributed by atoms with Crippen molar-refractivity contribution in [1.82, 2.24) is 4.90 Å². The number of hydrogen-bond donors (Lipinski definition) is 2. The molecule has 3 heterocycles. The fourth-order valence-corrected chi connectivity index (χ4v) is 6.42. The molecule has 4 rings (SSSR count). The monoisotopic (exact) mass is 484 g/mol. The smallest absolute Gasteiger partial charge is 0.310 e. The number of amides is 2. The average molecular weight is 485 g/mol. The first-order chi connectivity index (χ1) is 16.6.